The third kappa shape index (κ3) is 3.03. The van der Waals surface area contributed by atoms with E-state index >= 15 is 0 Å². The predicted molar refractivity (Wildman–Crippen MR) is 85.9 cm³/mol. The number of hydrogen-bond donors (Lipinski definition) is 2. The Balaban J connectivity index is 2.36. The average molecular weight is 429 g/mol. The minimum Gasteiger partial charge on any atom is -0.383 e. The van der Waals surface area contributed by atoms with E-state index in [2.05, 4.69) is 4.98 Å². The fourth-order valence-electron chi connectivity index (χ4n) is 2.95. The number of nitrogens with zero attached hydrogens (tertiary/aromatic N) is 1. The van der Waals surface area contributed by atoms with Crippen molar-refractivity contribution < 1.29 is 35.5 Å². The van der Waals surface area contributed by atoms with E-state index in [-0.39, 0.29) is 22.0 Å². The van der Waals surface area contributed by atoms with E-state index in [1.165, 1.54) is 12.3 Å². The van der Waals surface area contributed by atoms with E-state index in [0.29, 0.717) is 6.07 Å². The summed E-state index contributed by atoms with van der Waals surface area (Å²) in [5, 5.41) is 9.93. The molecule has 0 aliphatic heterocycles. The number of halogens is 6. The molecule has 2 aromatic rings. The van der Waals surface area contributed by atoms with Gasteiger partial charge >= 0.3 is 5.51 Å². The normalized spacial score (nSPS) is 19.1. The number of rotatable bonds is 2. The monoisotopic (exact) mass is 428 g/mol. The van der Waals surface area contributed by atoms with Gasteiger partial charge in [-0.25, -0.2) is 22.2 Å². The van der Waals surface area contributed by atoms with Crippen molar-refractivity contribution in [1.82, 2.24) is 4.98 Å². The van der Waals surface area contributed by atoms with Crippen molar-refractivity contribution in [2.24, 2.45) is 0 Å². The van der Waals surface area contributed by atoms with Gasteiger partial charge in [0.1, 0.15) is 11.9 Å². The van der Waals surface area contributed by atoms with Gasteiger partial charge in [0, 0.05) is 23.7 Å². The van der Waals surface area contributed by atoms with E-state index in [1.54, 1.807) is 0 Å². The minimum absolute atomic E-state index is 0.0274. The van der Waals surface area contributed by atoms with E-state index in [9.17, 15) is 35.5 Å². The van der Waals surface area contributed by atoms with Crippen LogP contribution in [-0.4, -0.2) is 29.9 Å². The summed E-state index contributed by atoms with van der Waals surface area (Å²) in [4.78, 5) is 2.32. The number of nitrogens with two attached hydrogens (primary N) is 1. The number of hydrogen-bond acceptors (Lipinski definition) is 5. The number of nitrogen functional groups attached to an aromatic ring is 1. The molecule has 3 rings (SSSR count). The second-order valence-corrected chi connectivity index (χ2v) is 8.23. The Morgan fingerprint density at radius 3 is 2.48 bits per heavy atom. The van der Waals surface area contributed by atoms with Gasteiger partial charge in [-0.05, 0) is 23.3 Å². The highest BCUT2D eigenvalue weighted by Gasteiger charge is 2.54. The fraction of sp³-hybridized carbons (Fsp3) is 0.267. The summed E-state index contributed by atoms with van der Waals surface area (Å²) < 4.78 is 90.6. The molecule has 1 aliphatic rings. The molecule has 1 atom stereocenters. The Bertz CT molecular complexity index is 1040. The first-order valence-corrected chi connectivity index (χ1v) is 9.08. The summed E-state index contributed by atoms with van der Waals surface area (Å²) >= 11 is 5.81. The maximum absolute atomic E-state index is 14.1. The van der Waals surface area contributed by atoms with E-state index in [4.69, 9.17) is 17.3 Å². The third-order valence-corrected chi connectivity index (χ3v) is 5.92. The summed E-state index contributed by atoms with van der Waals surface area (Å²) in [6.45, 7) is 0. The lowest BCUT2D eigenvalue weighted by Gasteiger charge is -2.18. The lowest BCUT2D eigenvalue weighted by atomic mass is 9.97. The molecular formula is C15H10ClF5N2O3S. The smallest absolute Gasteiger partial charge is 0.383 e. The molecule has 1 aromatic heterocycles. The van der Waals surface area contributed by atoms with Crippen LogP contribution in [0.4, 0.5) is 27.8 Å². The second-order valence-electron chi connectivity index (χ2n) is 5.88. The largest absolute Gasteiger partial charge is 0.501 e. The fourth-order valence-corrected chi connectivity index (χ4v) is 4.13. The van der Waals surface area contributed by atoms with Gasteiger partial charge in [-0.15, -0.1) is 0 Å². The number of sulfone groups is 1. The van der Waals surface area contributed by atoms with Crippen LogP contribution >= 0.6 is 11.6 Å². The van der Waals surface area contributed by atoms with Gasteiger partial charge < -0.3 is 10.8 Å². The average Bonchev–Trinajstić information content (AvgIpc) is 2.78. The first-order chi connectivity index (χ1) is 12.3. The van der Waals surface area contributed by atoms with Gasteiger partial charge in [0.25, 0.3) is 15.8 Å². The Kier molecular flexibility index (Phi) is 4.40. The zero-order valence-electron chi connectivity index (χ0n) is 13.1. The lowest BCUT2D eigenvalue weighted by Crippen LogP contribution is -2.26. The van der Waals surface area contributed by atoms with Crippen LogP contribution in [0.2, 0.25) is 5.02 Å². The molecule has 146 valence electrons. The zero-order valence-corrected chi connectivity index (χ0v) is 14.6. The molecular weight excluding hydrogens is 419 g/mol. The maximum atomic E-state index is 14.1. The highest BCUT2D eigenvalue weighted by molar-refractivity contribution is 7.92. The molecule has 12 heteroatoms. The van der Waals surface area contributed by atoms with Crippen LogP contribution in [0.1, 0.15) is 17.2 Å². The molecule has 0 bridgehead atoms. The van der Waals surface area contributed by atoms with Crippen LogP contribution < -0.4 is 5.73 Å². The van der Waals surface area contributed by atoms with Gasteiger partial charge in [-0.2, -0.15) is 13.2 Å². The molecule has 0 amide bonds. The highest BCUT2D eigenvalue weighted by atomic mass is 35.5. The maximum Gasteiger partial charge on any atom is 0.501 e. The first kappa shape index (κ1) is 19.8. The van der Waals surface area contributed by atoms with Crippen LogP contribution in [0.25, 0.3) is 11.1 Å². The van der Waals surface area contributed by atoms with E-state index in [0.717, 1.165) is 6.07 Å². The van der Waals surface area contributed by atoms with Crippen molar-refractivity contribution in [3.05, 3.63) is 40.5 Å². The second kappa shape index (κ2) is 6.01. The Labute approximate surface area is 154 Å². The van der Waals surface area contributed by atoms with Crippen LogP contribution in [0.15, 0.2) is 29.3 Å². The lowest BCUT2D eigenvalue weighted by molar-refractivity contribution is -0.0977. The molecule has 27 heavy (non-hydrogen) atoms. The van der Waals surface area contributed by atoms with Gasteiger partial charge in [-0.1, -0.05) is 17.7 Å². The zero-order chi connectivity index (χ0) is 20.4. The highest BCUT2D eigenvalue weighted by Crippen LogP contribution is 2.51. The number of aromatic nitrogens is 1. The molecule has 3 N–H and O–H groups in total. The number of pyridine rings is 1. The van der Waals surface area contributed by atoms with Crippen LogP contribution in [0.3, 0.4) is 0 Å². The van der Waals surface area contributed by atoms with Gasteiger partial charge in [-0.3, -0.25) is 0 Å². The topological polar surface area (TPSA) is 93.3 Å². The summed E-state index contributed by atoms with van der Waals surface area (Å²) in [7, 11) is -5.97. The van der Waals surface area contributed by atoms with Gasteiger partial charge in [0.2, 0.25) is 0 Å². The van der Waals surface area contributed by atoms with E-state index in [1.807, 2.05) is 0 Å². The number of aliphatic hydroxyl groups is 1. The van der Waals surface area contributed by atoms with Crippen LogP contribution in [0, 0.1) is 0 Å². The first-order valence-electron chi connectivity index (χ1n) is 7.22. The summed E-state index contributed by atoms with van der Waals surface area (Å²) in [6.07, 6.45) is -2.73. The SMILES string of the molecule is Nc1ncc(Cl)cc1-c1ccc(S(=O)(=O)C(F)(F)F)c2c1CC(F)(F)[C@H]2O. The Morgan fingerprint density at radius 1 is 1.26 bits per heavy atom. The van der Waals surface area contributed by atoms with Gasteiger partial charge in [0.15, 0.2) is 0 Å². The summed E-state index contributed by atoms with van der Waals surface area (Å²) in [5.41, 5.74) is -1.56. The van der Waals surface area contributed by atoms with Crippen molar-refractivity contribution in [3.8, 4) is 11.1 Å². The molecule has 0 fully saturated rings. The molecule has 5 nitrogen and oxygen atoms in total. The summed E-state index contributed by atoms with van der Waals surface area (Å²) in [6, 6.07) is 2.68. The molecule has 1 aromatic carbocycles. The van der Waals surface area contributed by atoms with E-state index < -0.39 is 49.8 Å². The third-order valence-electron chi connectivity index (χ3n) is 4.17. The van der Waals surface area contributed by atoms with Crippen molar-refractivity contribution in [1.29, 1.82) is 0 Å². The standard InChI is InChI=1S/C15H10ClF5N2O3S/c16-6-3-8(13(22)23-5-6)7-1-2-10(27(25,26)15(19,20)21)11-9(7)4-14(17,18)12(11)24/h1-3,5,12,24H,4H2,(H2,22,23)/t12-/m0/s1. The number of fused-ring (bicyclic) bond motifs is 1. The molecule has 0 unspecified atom stereocenters. The van der Waals surface area contributed by atoms with Crippen molar-refractivity contribution in [3.63, 3.8) is 0 Å². The molecule has 0 saturated carbocycles. The van der Waals surface area contributed by atoms with Crippen LogP contribution in [-0.2, 0) is 16.3 Å². The predicted octanol–water partition coefficient (Wildman–Crippen LogP) is 3.50. The van der Waals surface area contributed by atoms with Gasteiger partial charge in [0.05, 0.1) is 9.92 Å². The van der Waals surface area contributed by atoms with Crippen molar-refractivity contribution in [2.75, 3.05) is 5.73 Å². The number of alkyl halides is 5. The minimum atomic E-state index is -5.97. The number of aliphatic hydroxyl groups excluding tert-OH is 1. The van der Waals surface area contributed by atoms with Crippen molar-refractivity contribution in [2.45, 2.75) is 28.9 Å². The Hall–Kier alpha value is -1.98. The number of benzene rings is 1. The Morgan fingerprint density at radius 2 is 1.89 bits per heavy atom. The molecule has 1 aliphatic carbocycles. The molecule has 0 saturated heterocycles. The quantitative estimate of drug-likeness (QED) is 0.714. The molecule has 1 heterocycles. The summed E-state index contributed by atoms with van der Waals surface area (Å²) in [5.74, 6) is -4.02. The molecule has 0 radical (unpaired) electrons. The number of anilines is 1. The van der Waals surface area contributed by atoms with Crippen LogP contribution in [0.5, 0.6) is 0 Å². The van der Waals surface area contributed by atoms with Crippen molar-refractivity contribution >= 4 is 27.3 Å². The molecule has 0 spiro atoms.